The smallest absolute Gasteiger partial charge is 0.134 e. The van der Waals surface area contributed by atoms with E-state index < -0.39 is 0 Å². The Morgan fingerprint density at radius 1 is 1.19 bits per heavy atom. The van der Waals surface area contributed by atoms with Crippen molar-refractivity contribution in [3.63, 3.8) is 0 Å². The van der Waals surface area contributed by atoms with Crippen LogP contribution in [-0.4, -0.2) is 4.57 Å². The summed E-state index contributed by atoms with van der Waals surface area (Å²) in [6.07, 6.45) is 3.30. The fourth-order valence-electron chi connectivity index (χ4n) is 2.64. The molecule has 3 rings (SSSR count). The van der Waals surface area contributed by atoms with Crippen LogP contribution < -0.4 is 5.32 Å². The van der Waals surface area contributed by atoms with E-state index in [1.54, 1.807) is 0 Å². The molecular formula is C18H22N2O. The zero-order chi connectivity index (χ0) is 14.7. The van der Waals surface area contributed by atoms with Gasteiger partial charge in [0.1, 0.15) is 11.3 Å². The lowest BCUT2D eigenvalue weighted by atomic mass is 10.2. The van der Waals surface area contributed by atoms with Crippen LogP contribution in [0.25, 0.3) is 11.0 Å². The molecule has 110 valence electrons. The van der Waals surface area contributed by atoms with Gasteiger partial charge in [0.15, 0.2) is 0 Å². The zero-order valence-corrected chi connectivity index (χ0v) is 12.7. The van der Waals surface area contributed by atoms with Crippen molar-refractivity contribution in [2.45, 2.75) is 39.4 Å². The largest absolute Gasteiger partial charge is 0.459 e. The predicted molar refractivity (Wildman–Crippen MR) is 86.2 cm³/mol. The number of rotatable bonds is 6. The topological polar surface area (TPSA) is 30.1 Å². The van der Waals surface area contributed by atoms with Crippen LogP contribution >= 0.6 is 0 Å². The van der Waals surface area contributed by atoms with Gasteiger partial charge in [-0.25, -0.2) is 0 Å². The summed E-state index contributed by atoms with van der Waals surface area (Å²) in [5, 5.41) is 4.71. The van der Waals surface area contributed by atoms with Crippen molar-refractivity contribution in [2.75, 3.05) is 0 Å². The molecule has 2 heterocycles. The number of para-hydroxylation sites is 1. The van der Waals surface area contributed by atoms with Crippen molar-refractivity contribution in [3.05, 3.63) is 60.1 Å². The molecule has 0 spiro atoms. The Bertz CT molecular complexity index is 678. The highest BCUT2D eigenvalue weighted by atomic mass is 16.3. The van der Waals surface area contributed by atoms with Gasteiger partial charge in [-0.15, -0.1) is 0 Å². The first-order chi connectivity index (χ1) is 10.3. The van der Waals surface area contributed by atoms with Crippen LogP contribution in [0, 0.1) is 0 Å². The molecule has 0 fully saturated rings. The van der Waals surface area contributed by atoms with Gasteiger partial charge < -0.3 is 14.3 Å². The molecule has 0 saturated carbocycles. The maximum absolute atomic E-state index is 5.91. The summed E-state index contributed by atoms with van der Waals surface area (Å²) in [4.78, 5) is 0. The second kappa shape index (κ2) is 6.19. The second-order valence-electron chi connectivity index (χ2n) is 5.48. The van der Waals surface area contributed by atoms with E-state index in [4.69, 9.17) is 4.42 Å². The van der Waals surface area contributed by atoms with Gasteiger partial charge >= 0.3 is 0 Å². The molecule has 1 unspecified atom stereocenters. The standard InChI is InChI=1S/C18H22N2O/c1-3-10-20-11-6-8-16(20)13-19-14(2)18-12-15-7-4-5-9-17(15)21-18/h4-9,11-12,14,19H,3,10,13H2,1-2H3. The van der Waals surface area contributed by atoms with Crippen molar-refractivity contribution in [1.82, 2.24) is 9.88 Å². The minimum atomic E-state index is 0.197. The molecule has 1 N–H and O–H groups in total. The third-order valence-corrected chi connectivity index (χ3v) is 3.85. The molecule has 1 atom stereocenters. The lowest BCUT2D eigenvalue weighted by Crippen LogP contribution is -2.19. The van der Waals surface area contributed by atoms with E-state index in [0.717, 1.165) is 36.2 Å². The lowest BCUT2D eigenvalue weighted by Gasteiger charge is -2.13. The molecule has 0 aliphatic heterocycles. The van der Waals surface area contributed by atoms with E-state index in [2.05, 4.69) is 54.2 Å². The molecule has 0 aliphatic carbocycles. The third-order valence-electron chi connectivity index (χ3n) is 3.85. The molecule has 0 saturated heterocycles. The molecule has 0 amide bonds. The molecule has 2 aromatic heterocycles. The Labute approximate surface area is 125 Å². The van der Waals surface area contributed by atoms with Crippen LogP contribution in [0.5, 0.6) is 0 Å². The highest BCUT2D eigenvalue weighted by Gasteiger charge is 2.11. The normalized spacial score (nSPS) is 12.9. The summed E-state index contributed by atoms with van der Waals surface area (Å²) in [5.41, 5.74) is 2.27. The average Bonchev–Trinajstić information content (AvgIpc) is 3.11. The van der Waals surface area contributed by atoms with E-state index >= 15 is 0 Å². The van der Waals surface area contributed by atoms with Gasteiger partial charge in [0.2, 0.25) is 0 Å². The maximum Gasteiger partial charge on any atom is 0.134 e. The van der Waals surface area contributed by atoms with E-state index in [0.29, 0.717) is 0 Å². The van der Waals surface area contributed by atoms with Gasteiger partial charge in [0, 0.05) is 30.4 Å². The number of fused-ring (bicyclic) bond motifs is 1. The van der Waals surface area contributed by atoms with Gasteiger partial charge in [0.25, 0.3) is 0 Å². The molecule has 3 heteroatoms. The number of hydrogen-bond donors (Lipinski definition) is 1. The number of nitrogens with one attached hydrogen (secondary N) is 1. The van der Waals surface area contributed by atoms with E-state index in [9.17, 15) is 0 Å². The minimum Gasteiger partial charge on any atom is -0.459 e. The first-order valence-corrected chi connectivity index (χ1v) is 7.64. The number of hydrogen-bond acceptors (Lipinski definition) is 2. The van der Waals surface area contributed by atoms with Crippen molar-refractivity contribution in [1.29, 1.82) is 0 Å². The van der Waals surface area contributed by atoms with Crippen LogP contribution in [0.15, 0.2) is 53.1 Å². The van der Waals surface area contributed by atoms with Gasteiger partial charge in [-0.3, -0.25) is 0 Å². The fraction of sp³-hybridized carbons (Fsp3) is 0.333. The summed E-state index contributed by atoms with van der Waals surface area (Å²) in [5.74, 6) is 0.991. The van der Waals surface area contributed by atoms with Crippen molar-refractivity contribution >= 4 is 11.0 Å². The van der Waals surface area contributed by atoms with Crippen LogP contribution in [0.4, 0.5) is 0 Å². The summed E-state index contributed by atoms with van der Waals surface area (Å²) in [6.45, 7) is 6.27. The Balaban J connectivity index is 1.68. The Morgan fingerprint density at radius 2 is 2.05 bits per heavy atom. The van der Waals surface area contributed by atoms with Crippen LogP contribution in [0.2, 0.25) is 0 Å². The SMILES string of the molecule is CCCn1cccc1CNC(C)c1cc2ccccc2o1. The van der Waals surface area contributed by atoms with E-state index in [-0.39, 0.29) is 6.04 Å². The second-order valence-corrected chi connectivity index (χ2v) is 5.48. The molecular weight excluding hydrogens is 260 g/mol. The number of aromatic nitrogens is 1. The summed E-state index contributed by atoms with van der Waals surface area (Å²) < 4.78 is 8.21. The van der Waals surface area contributed by atoms with E-state index in [1.807, 2.05) is 18.2 Å². The van der Waals surface area contributed by atoms with Crippen molar-refractivity contribution < 1.29 is 4.42 Å². The number of aryl methyl sites for hydroxylation is 1. The zero-order valence-electron chi connectivity index (χ0n) is 12.7. The monoisotopic (exact) mass is 282 g/mol. The molecule has 0 radical (unpaired) electrons. The summed E-state index contributed by atoms with van der Waals surface area (Å²) >= 11 is 0. The fourth-order valence-corrected chi connectivity index (χ4v) is 2.64. The first kappa shape index (κ1) is 14.0. The number of furan rings is 1. The lowest BCUT2D eigenvalue weighted by molar-refractivity contribution is 0.444. The van der Waals surface area contributed by atoms with Gasteiger partial charge in [-0.2, -0.15) is 0 Å². The number of benzene rings is 1. The molecule has 1 aromatic carbocycles. The van der Waals surface area contributed by atoms with Crippen molar-refractivity contribution in [3.8, 4) is 0 Å². The van der Waals surface area contributed by atoms with E-state index in [1.165, 1.54) is 5.69 Å². The van der Waals surface area contributed by atoms with Gasteiger partial charge in [-0.05, 0) is 37.6 Å². The highest BCUT2D eigenvalue weighted by Crippen LogP contribution is 2.23. The quantitative estimate of drug-likeness (QED) is 0.721. The third kappa shape index (κ3) is 3.03. The van der Waals surface area contributed by atoms with Gasteiger partial charge in [-0.1, -0.05) is 25.1 Å². The molecule has 3 aromatic rings. The first-order valence-electron chi connectivity index (χ1n) is 7.64. The Hall–Kier alpha value is -2.00. The molecule has 0 aliphatic rings. The summed E-state index contributed by atoms with van der Waals surface area (Å²) in [6, 6.07) is 14.7. The predicted octanol–water partition coefficient (Wildman–Crippen LogP) is 4.50. The Kier molecular flexibility index (Phi) is 4.11. The summed E-state index contributed by atoms with van der Waals surface area (Å²) in [7, 11) is 0. The van der Waals surface area contributed by atoms with Gasteiger partial charge in [0.05, 0.1) is 6.04 Å². The minimum absolute atomic E-state index is 0.197. The molecule has 21 heavy (non-hydrogen) atoms. The highest BCUT2D eigenvalue weighted by molar-refractivity contribution is 5.77. The average molecular weight is 282 g/mol. The van der Waals surface area contributed by atoms with Crippen LogP contribution in [-0.2, 0) is 13.1 Å². The number of nitrogens with zero attached hydrogens (tertiary/aromatic N) is 1. The molecule has 0 bridgehead atoms. The van der Waals surface area contributed by atoms with Crippen molar-refractivity contribution in [2.24, 2.45) is 0 Å². The Morgan fingerprint density at radius 3 is 2.86 bits per heavy atom. The molecule has 3 nitrogen and oxygen atoms in total. The van der Waals surface area contributed by atoms with Crippen LogP contribution in [0.1, 0.15) is 37.8 Å². The van der Waals surface area contributed by atoms with Crippen LogP contribution in [0.3, 0.4) is 0 Å². The maximum atomic E-state index is 5.91.